The summed E-state index contributed by atoms with van der Waals surface area (Å²) in [5, 5.41) is 5.38. The van der Waals surface area contributed by atoms with Gasteiger partial charge in [-0.2, -0.15) is 0 Å². The minimum absolute atomic E-state index is 0.00340. The maximum atomic E-state index is 12.3. The quantitative estimate of drug-likeness (QED) is 0.239. The zero-order valence-electron chi connectivity index (χ0n) is 23.8. The number of rotatable bonds is 13. The van der Waals surface area contributed by atoms with Crippen LogP contribution in [0.2, 0.25) is 0 Å². The van der Waals surface area contributed by atoms with E-state index in [-0.39, 0.29) is 31.1 Å². The van der Waals surface area contributed by atoms with Crippen LogP contribution in [0, 0.1) is 19.8 Å². The Balaban J connectivity index is 1.32. The van der Waals surface area contributed by atoms with Gasteiger partial charge in [-0.3, -0.25) is 14.4 Å². The average molecular weight is 561 g/mol. The maximum Gasteiger partial charge on any atom is 0.338 e. The molecule has 0 bridgehead atoms. The van der Waals surface area contributed by atoms with E-state index < -0.39 is 24.5 Å². The first-order valence-corrected chi connectivity index (χ1v) is 13.5. The van der Waals surface area contributed by atoms with Gasteiger partial charge in [0.1, 0.15) is 11.5 Å². The van der Waals surface area contributed by atoms with E-state index in [4.69, 9.17) is 14.2 Å². The highest BCUT2D eigenvalue weighted by molar-refractivity contribution is 5.94. The molecule has 9 nitrogen and oxygen atoms in total. The van der Waals surface area contributed by atoms with E-state index in [1.165, 1.54) is 0 Å². The number of hydrogen-bond donors (Lipinski definition) is 2. The zero-order valence-corrected chi connectivity index (χ0v) is 23.8. The van der Waals surface area contributed by atoms with E-state index in [0.717, 1.165) is 16.9 Å². The summed E-state index contributed by atoms with van der Waals surface area (Å²) < 4.78 is 16.0. The second-order valence-corrected chi connectivity index (χ2v) is 10.1. The first-order valence-electron chi connectivity index (χ1n) is 13.5. The number of benzene rings is 3. The third-order valence-corrected chi connectivity index (χ3v) is 5.67. The Labute approximate surface area is 240 Å². The second kappa shape index (κ2) is 15.2. The average Bonchev–Trinajstić information content (AvgIpc) is 2.91. The van der Waals surface area contributed by atoms with Gasteiger partial charge in [-0.1, -0.05) is 19.9 Å². The molecule has 216 valence electrons. The minimum Gasteiger partial charge on any atom is -0.462 e. The van der Waals surface area contributed by atoms with Crippen molar-refractivity contribution >= 4 is 35.1 Å². The normalized spacial score (nSPS) is 10.6. The van der Waals surface area contributed by atoms with Crippen LogP contribution in [-0.2, 0) is 23.9 Å². The monoisotopic (exact) mass is 560 g/mol. The van der Waals surface area contributed by atoms with Crippen molar-refractivity contribution in [1.29, 1.82) is 0 Å². The zero-order chi connectivity index (χ0) is 29.8. The first kappa shape index (κ1) is 30.9. The molecule has 0 spiro atoms. The number of hydrogen-bond acceptors (Lipinski definition) is 7. The van der Waals surface area contributed by atoms with Crippen LogP contribution in [0.25, 0.3) is 0 Å². The van der Waals surface area contributed by atoms with E-state index in [9.17, 15) is 19.2 Å². The highest BCUT2D eigenvalue weighted by Crippen LogP contribution is 2.25. The predicted molar refractivity (Wildman–Crippen MR) is 156 cm³/mol. The van der Waals surface area contributed by atoms with Crippen LogP contribution in [0.15, 0.2) is 66.7 Å². The maximum absolute atomic E-state index is 12.3. The Hall–Kier alpha value is -4.66. The molecule has 41 heavy (non-hydrogen) atoms. The molecule has 0 aromatic heterocycles. The molecule has 0 atom stereocenters. The minimum atomic E-state index is -0.580. The van der Waals surface area contributed by atoms with Gasteiger partial charge in [-0.15, -0.1) is 0 Å². The van der Waals surface area contributed by atoms with Crippen molar-refractivity contribution in [2.45, 2.75) is 47.0 Å². The number of carbonyl (C=O) groups is 4. The largest absolute Gasteiger partial charge is 0.462 e. The van der Waals surface area contributed by atoms with Gasteiger partial charge in [0.2, 0.25) is 5.91 Å². The molecule has 2 N–H and O–H groups in total. The van der Waals surface area contributed by atoms with Crippen molar-refractivity contribution in [3.05, 3.63) is 83.4 Å². The van der Waals surface area contributed by atoms with Crippen LogP contribution < -0.4 is 15.4 Å². The van der Waals surface area contributed by atoms with Crippen LogP contribution in [0.3, 0.4) is 0 Å². The van der Waals surface area contributed by atoms with Gasteiger partial charge in [0, 0.05) is 24.2 Å². The lowest BCUT2D eigenvalue weighted by molar-refractivity contribution is -0.147. The van der Waals surface area contributed by atoms with Crippen molar-refractivity contribution < 1.29 is 33.4 Å². The van der Waals surface area contributed by atoms with Gasteiger partial charge in [0.05, 0.1) is 12.2 Å². The molecule has 0 heterocycles. The predicted octanol–water partition coefficient (Wildman–Crippen LogP) is 6.20. The third-order valence-electron chi connectivity index (χ3n) is 5.67. The molecule has 0 aliphatic heterocycles. The van der Waals surface area contributed by atoms with Gasteiger partial charge in [-0.05, 0) is 98.0 Å². The third kappa shape index (κ3) is 11.2. The van der Waals surface area contributed by atoms with E-state index in [2.05, 4.69) is 16.7 Å². The van der Waals surface area contributed by atoms with Gasteiger partial charge in [0.15, 0.2) is 6.61 Å². The van der Waals surface area contributed by atoms with Crippen LogP contribution >= 0.6 is 0 Å². The summed E-state index contributed by atoms with van der Waals surface area (Å²) in [6, 6.07) is 19.2. The topological polar surface area (TPSA) is 120 Å². The van der Waals surface area contributed by atoms with Crippen molar-refractivity contribution in [3.63, 3.8) is 0 Å². The molecule has 0 unspecified atom stereocenters. The Morgan fingerprint density at radius 1 is 0.707 bits per heavy atom. The molecule has 9 heteroatoms. The summed E-state index contributed by atoms with van der Waals surface area (Å²) in [6.07, 6.45) is 0.388. The SMILES string of the molecule is Cc1cc(C)cc(Oc2ccc(NC(=O)CCCC(=O)OCC(=O)Nc3ccc(C(=O)OCC(C)C)cc3)cc2)c1. The molecular weight excluding hydrogens is 524 g/mol. The molecule has 0 radical (unpaired) electrons. The van der Waals surface area contributed by atoms with Gasteiger partial charge in [-0.25, -0.2) is 4.79 Å². The van der Waals surface area contributed by atoms with Gasteiger partial charge < -0.3 is 24.8 Å². The summed E-state index contributed by atoms with van der Waals surface area (Å²) in [6.45, 7) is 7.77. The van der Waals surface area contributed by atoms with Gasteiger partial charge >= 0.3 is 11.9 Å². The number of amides is 2. The molecule has 0 fully saturated rings. The van der Waals surface area contributed by atoms with Crippen LogP contribution in [0.1, 0.15) is 54.6 Å². The number of ether oxygens (including phenoxy) is 3. The second-order valence-electron chi connectivity index (χ2n) is 10.1. The standard InChI is InChI=1S/C32H36N2O7/c1-21(2)19-40-32(38)24-8-10-25(11-9-24)34-30(36)20-39-31(37)7-5-6-29(35)33-26-12-14-27(15-13-26)41-28-17-22(3)16-23(4)18-28/h8-18,21H,5-7,19-20H2,1-4H3,(H,33,35)(H,34,36). The smallest absolute Gasteiger partial charge is 0.338 e. The lowest BCUT2D eigenvalue weighted by Gasteiger charge is -2.10. The van der Waals surface area contributed by atoms with Crippen molar-refractivity contribution in [3.8, 4) is 11.5 Å². The molecule has 2 amide bonds. The summed E-state index contributed by atoms with van der Waals surface area (Å²) in [7, 11) is 0. The Morgan fingerprint density at radius 2 is 1.29 bits per heavy atom. The van der Waals surface area contributed by atoms with E-state index in [0.29, 0.717) is 29.3 Å². The van der Waals surface area contributed by atoms with Crippen molar-refractivity contribution in [1.82, 2.24) is 0 Å². The number of esters is 2. The van der Waals surface area contributed by atoms with Crippen LogP contribution in [-0.4, -0.2) is 37.0 Å². The number of anilines is 2. The molecule has 3 aromatic rings. The summed E-state index contributed by atoms with van der Waals surface area (Å²) in [4.78, 5) is 48.3. The van der Waals surface area contributed by atoms with E-state index in [1.807, 2.05) is 39.8 Å². The summed E-state index contributed by atoms with van der Waals surface area (Å²) in [5.74, 6) is -0.140. The molecule has 3 aromatic carbocycles. The number of carbonyl (C=O) groups excluding carboxylic acids is 4. The summed E-state index contributed by atoms with van der Waals surface area (Å²) >= 11 is 0. The Morgan fingerprint density at radius 3 is 1.90 bits per heavy atom. The molecule has 0 saturated carbocycles. The fourth-order valence-electron chi connectivity index (χ4n) is 3.78. The molecule has 3 rings (SSSR count). The molecule has 0 aliphatic rings. The Kier molecular flexibility index (Phi) is 11.5. The number of nitrogens with one attached hydrogen (secondary N) is 2. The number of aryl methyl sites for hydroxylation is 2. The Bertz CT molecular complexity index is 1330. The van der Waals surface area contributed by atoms with Gasteiger partial charge in [0.25, 0.3) is 5.91 Å². The van der Waals surface area contributed by atoms with Crippen LogP contribution in [0.5, 0.6) is 11.5 Å². The van der Waals surface area contributed by atoms with Crippen molar-refractivity contribution in [2.75, 3.05) is 23.8 Å². The molecule has 0 saturated heterocycles. The first-order chi connectivity index (χ1) is 19.6. The van der Waals surface area contributed by atoms with E-state index >= 15 is 0 Å². The molecule has 0 aliphatic carbocycles. The van der Waals surface area contributed by atoms with E-state index in [1.54, 1.807) is 48.5 Å². The molecular formula is C32H36N2O7. The van der Waals surface area contributed by atoms with Crippen LogP contribution in [0.4, 0.5) is 11.4 Å². The van der Waals surface area contributed by atoms with Crippen molar-refractivity contribution in [2.24, 2.45) is 5.92 Å². The fraction of sp³-hybridized carbons (Fsp3) is 0.312. The highest BCUT2D eigenvalue weighted by atomic mass is 16.5. The highest BCUT2D eigenvalue weighted by Gasteiger charge is 2.12. The fourth-order valence-corrected chi connectivity index (χ4v) is 3.78. The lowest BCUT2D eigenvalue weighted by atomic mass is 10.1. The summed E-state index contributed by atoms with van der Waals surface area (Å²) in [5.41, 5.74) is 3.66. The lowest BCUT2D eigenvalue weighted by Crippen LogP contribution is -2.21.